The molecular weight excluding hydrogens is 470 g/mol. The summed E-state index contributed by atoms with van der Waals surface area (Å²) in [7, 11) is 3.70. The summed E-state index contributed by atoms with van der Waals surface area (Å²) < 4.78 is 5.48. The molecule has 192 valence electrons. The number of aliphatic carboxylic acids is 1. The normalized spacial score (nSPS) is 13.5. The van der Waals surface area contributed by atoms with Gasteiger partial charge in [0.15, 0.2) is 0 Å². The van der Waals surface area contributed by atoms with Crippen LogP contribution in [0.3, 0.4) is 0 Å². The molecule has 1 fully saturated rings. The van der Waals surface area contributed by atoms with Gasteiger partial charge >= 0.3 is 5.97 Å². The van der Waals surface area contributed by atoms with Crippen molar-refractivity contribution in [2.75, 3.05) is 55.5 Å². The van der Waals surface area contributed by atoms with E-state index in [1.54, 1.807) is 6.08 Å². The van der Waals surface area contributed by atoms with Gasteiger partial charge in [0.05, 0.1) is 19.6 Å². The minimum atomic E-state index is -0.926. The average molecular weight is 502 g/mol. The highest BCUT2D eigenvalue weighted by atomic mass is 16.5. The number of anilines is 3. The molecule has 2 aromatic carbocycles. The Morgan fingerprint density at radius 2 is 1.76 bits per heavy atom. The van der Waals surface area contributed by atoms with E-state index < -0.39 is 5.97 Å². The molecule has 37 heavy (non-hydrogen) atoms. The molecule has 0 spiro atoms. The highest BCUT2D eigenvalue weighted by Crippen LogP contribution is 2.28. The minimum Gasteiger partial charge on any atom is -0.481 e. The molecule has 1 amide bonds. The summed E-state index contributed by atoms with van der Waals surface area (Å²) in [5.41, 5.74) is 3.22. The molecule has 9 nitrogen and oxygen atoms in total. The minimum absolute atomic E-state index is 0.159. The number of aromatic nitrogens is 2. The molecular formula is C28H31N5O4. The number of carboxylic acid groups (broad SMARTS) is 1. The maximum absolute atomic E-state index is 12.3. The lowest BCUT2D eigenvalue weighted by atomic mass is 10.1. The predicted octanol–water partition coefficient (Wildman–Crippen LogP) is 3.25. The van der Waals surface area contributed by atoms with Crippen LogP contribution in [0.25, 0.3) is 6.08 Å². The zero-order valence-electron chi connectivity index (χ0n) is 21.1. The molecule has 0 radical (unpaired) electrons. The van der Waals surface area contributed by atoms with Crippen molar-refractivity contribution in [3.05, 3.63) is 83.2 Å². The van der Waals surface area contributed by atoms with Crippen LogP contribution >= 0.6 is 0 Å². The first kappa shape index (κ1) is 25.8. The van der Waals surface area contributed by atoms with Crippen LogP contribution in [0, 0.1) is 0 Å². The summed E-state index contributed by atoms with van der Waals surface area (Å²) in [6, 6.07) is 17.2. The van der Waals surface area contributed by atoms with Crippen LogP contribution in [-0.2, 0) is 27.2 Å². The molecule has 3 aromatic rings. The first-order chi connectivity index (χ1) is 17.9. The van der Waals surface area contributed by atoms with Crippen molar-refractivity contribution in [3.8, 4) is 0 Å². The molecule has 0 atom stereocenters. The highest BCUT2D eigenvalue weighted by Gasteiger charge is 2.24. The van der Waals surface area contributed by atoms with Crippen molar-refractivity contribution in [2.24, 2.45) is 0 Å². The average Bonchev–Trinajstić information content (AvgIpc) is 2.90. The van der Waals surface area contributed by atoms with Crippen LogP contribution in [0.4, 0.5) is 17.3 Å². The molecule has 1 aromatic heterocycles. The summed E-state index contributed by atoms with van der Waals surface area (Å²) in [6.07, 6.45) is 3.58. The van der Waals surface area contributed by atoms with Crippen molar-refractivity contribution < 1.29 is 19.4 Å². The topological polar surface area (TPSA) is 108 Å². The number of nitrogens with one attached hydrogen (secondary N) is 1. The third-order valence-electron chi connectivity index (χ3n) is 5.88. The molecule has 0 aliphatic carbocycles. The Balaban J connectivity index is 1.51. The van der Waals surface area contributed by atoms with E-state index in [0.717, 1.165) is 11.1 Å². The lowest BCUT2D eigenvalue weighted by Gasteiger charge is -2.31. The third-order valence-corrected chi connectivity index (χ3v) is 5.88. The molecule has 4 rings (SSSR count). The van der Waals surface area contributed by atoms with E-state index in [2.05, 4.69) is 10.2 Å². The fourth-order valence-corrected chi connectivity index (χ4v) is 4.11. The van der Waals surface area contributed by atoms with Crippen molar-refractivity contribution >= 4 is 35.3 Å². The summed E-state index contributed by atoms with van der Waals surface area (Å²) >= 11 is 0. The van der Waals surface area contributed by atoms with Crippen molar-refractivity contribution in [1.29, 1.82) is 0 Å². The number of hydrogen-bond acceptors (Lipinski definition) is 7. The van der Waals surface area contributed by atoms with Gasteiger partial charge in [-0.1, -0.05) is 42.5 Å². The largest absolute Gasteiger partial charge is 0.481 e. The molecule has 1 aliphatic rings. The number of rotatable bonds is 9. The molecule has 9 heteroatoms. The van der Waals surface area contributed by atoms with Gasteiger partial charge in [0.25, 0.3) is 0 Å². The Labute approximate surface area is 216 Å². The first-order valence-electron chi connectivity index (χ1n) is 12.1. The maximum atomic E-state index is 12.3. The lowest BCUT2D eigenvalue weighted by molar-refractivity contribution is -0.136. The number of amides is 1. The SMILES string of the molecule is CN(C)c1nc(Cc2ccc(NC(=O)/C=C/c3ccccc3)cc2)nc(N2CCOCC2)c1CC(=O)O. The Morgan fingerprint density at radius 3 is 2.41 bits per heavy atom. The van der Waals surface area contributed by atoms with Crippen molar-refractivity contribution in [2.45, 2.75) is 12.8 Å². The standard InChI is InChI=1S/C28H31N5O4/c1-32(2)27-23(19-26(35)36)28(33-14-16-37-17-15-33)31-24(30-27)18-21-8-11-22(12-9-21)29-25(34)13-10-20-6-4-3-5-7-20/h3-13H,14-19H2,1-2H3,(H,29,34)(H,35,36)/b13-10+. The number of carbonyl (C=O) groups excluding carboxylic acids is 1. The van der Waals surface area contributed by atoms with Gasteiger partial charge in [-0.25, -0.2) is 9.97 Å². The van der Waals surface area contributed by atoms with Gasteiger partial charge in [-0.2, -0.15) is 0 Å². The van der Waals surface area contributed by atoms with Gasteiger partial charge in [-0.3, -0.25) is 9.59 Å². The maximum Gasteiger partial charge on any atom is 0.308 e. The van der Waals surface area contributed by atoms with Crippen LogP contribution in [-0.4, -0.2) is 67.3 Å². The van der Waals surface area contributed by atoms with E-state index in [1.165, 1.54) is 6.08 Å². The van der Waals surface area contributed by atoms with Gasteiger partial charge in [0, 0.05) is 50.9 Å². The molecule has 1 aliphatic heterocycles. The van der Waals surface area contributed by atoms with Crippen LogP contribution in [0.5, 0.6) is 0 Å². The first-order valence-corrected chi connectivity index (χ1v) is 12.1. The van der Waals surface area contributed by atoms with Crippen molar-refractivity contribution in [3.63, 3.8) is 0 Å². The Hall–Kier alpha value is -4.24. The quantitative estimate of drug-likeness (QED) is 0.430. The van der Waals surface area contributed by atoms with Gasteiger partial charge < -0.3 is 25.0 Å². The van der Waals surface area contributed by atoms with E-state index in [9.17, 15) is 14.7 Å². The lowest BCUT2D eigenvalue weighted by Crippen LogP contribution is -2.38. The fraction of sp³-hybridized carbons (Fsp3) is 0.286. The zero-order valence-corrected chi connectivity index (χ0v) is 21.1. The smallest absolute Gasteiger partial charge is 0.308 e. The predicted molar refractivity (Wildman–Crippen MR) is 144 cm³/mol. The molecule has 0 saturated carbocycles. The molecule has 2 heterocycles. The van der Waals surface area contributed by atoms with Crippen molar-refractivity contribution in [1.82, 2.24) is 9.97 Å². The molecule has 1 saturated heterocycles. The molecule has 2 N–H and O–H groups in total. The Kier molecular flexibility index (Phi) is 8.48. The van der Waals surface area contributed by atoms with E-state index in [-0.39, 0.29) is 12.3 Å². The second kappa shape index (κ2) is 12.1. The zero-order chi connectivity index (χ0) is 26.2. The van der Waals surface area contributed by atoms with Crippen LogP contribution in [0.2, 0.25) is 0 Å². The fourth-order valence-electron chi connectivity index (χ4n) is 4.11. The summed E-state index contributed by atoms with van der Waals surface area (Å²) in [4.78, 5) is 37.3. The van der Waals surface area contributed by atoms with E-state index in [1.807, 2.05) is 73.6 Å². The van der Waals surface area contributed by atoms with Crippen LogP contribution in [0.15, 0.2) is 60.7 Å². The number of carboxylic acids is 1. The number of hydrogen-bond donors (Lipinski definition) is 2. The monoisotopic (exact) mass is 501 g/mol. The Bertz CT molecular complexity index is 1250. The third kappa shape index (κ3) is 7.14. The summed E-state index contributed by atoms with van der Waals surface area (Å²) in [5.74, 6) is 0.711. The van der Waals surface area contributed by atoms with Gasteiger partial charge in [0.2, 0.25) is 5.91 Å². The number of carbonyl (C=O) groups is 2. The van der Waals surface area contributed by atoms with E-state index in [0.29, 0.717) is 61.4 Å². The van der Waals surface area contributed by atoms with E-state index in [4.69, 9.17) is 14.7 Å². The second-order valence-electron chi connectivity index (χ2n) is 8.94. The number of ether oxygens (including phenoxy) is 1. The van der Waals surface area contributed by atoms with Gasteiger partial charge in [-0.05, 0) is 29.3 Å². The van der Waals surface area contributed by atoms with Gasteiger partial charge in [-0.15, -0.1) is 0 Å². The molecule has 0 bridgehead atoms. The Morgan fingerprint density at radius 1 is 1.05 bits per heavy atom. The number of morpholine rings is 1. The molecule has 0 unspecified atom stereocenters. The highest BCUT2D eigenvalue weighted by molar-refractivity contribution is 6.01. The summed E-state index contributed by atoms with van der Waals surface area (Å²) in [6.45, 7) is 2.42. The van der Waals surface area contributed by atoms with Gasteiger partial charge in [0.1, 0.15) is 17.5 Å². The van der Waals surface area contributed by atoms with Crippen LogP contribution < -0.4 is 15.1 Å². The second-order valence-corrected chi connectivity index (χ2v) is 8.94. The number of nitrogens with zero attached hydrogens (tertiary/aromatic N) is 4. The van der Waals surface area contributed by atoms with Crippen LogP contribution in [0.1, 0.15) is 22.5 Å². The van der Waals surface area contributed by atoms with E-state index >= 15 is 0 Å². The number of benzene rings is 2. The summed E-state index contributed by atoms with van der Waals surface area (Å²) in [5, 5.41) is 12.4.